The van der Waals surface area contributed by atoms with Crippen LogP contribution in [-0.4, -0.2) is 32.6 Å². The van der Waals surface area contributed by atoms with E-state index in [1.165, 1.54) is 12.1 Å². The molecule has 0 saturated carbocycles. The number of rotatable bonds is 6. The van der Waals surface area contributed by atoms with Gasteiger partial charge in [-0.1, -0.05) is 18.2 Å². The Morgan fingerprint density at radius 1 is 1.17 bits per heavy atom. The molecule has 2 aromatic rings. The third-order valence-corrected chi connectivity index (χ3v) is 4.26. The predicted molar refractivity (Wildman–Crippen MR) is 82.1 cm³/mol. The lowest BCUT2D eigenvalue weighted by Crippen LogP contribution is -2.23. The van der Waals surface area contributed by atoms with Crippen molar-refractivity contribution in [2.75, 3.05) is 17.9 Å². The van der Waals surface area contributed by atoms with Crippen LogP contribution in [0.5, 0.6) is 0 Å². The minimum Gasteiger partial charge on any atom is -0.858 e. The molecule has 0 spiro atoms. The number of anilines is 1. The summed E-state index contributed by atoms with van der Waals surface area (Å²) < 4.78 is 39.8. The maximum Gasteiger partial charge on any atom is 0.261 e. The number of para-hydroxylation sites is 1. The Bertz CT molecular complexity index is 804. The molecule has 0 heterocycles. The first-order chi connectivity index (χ1) is 10.9. The fraction of sp³-hybridized carbons (Fsp3) is 0.133. The Morgan fingerprint density at radius 3 is 2.48 bits per heavy atom. The lowest BCUT2D eigenvalue weighted by atomic mass is 10.2. The second kappa shape index (κ2) is 7.21. The fourth-order valence-corrected chi connectivity index (χ4v) is 2.89. The lowest BCUT2D eigenvalue weighted by Gasteiger charge is -2.17. The summed E-state index contributed by atoms with van der Waals surface area (Å²) in [7, 11) is -3.97. The number of aliphatic imine (C=N–C) groups is 1. The summed E-state index contributed by atoms with van der Waals surface area (Å²) in [6.45, 7) is -0.354. The lowest BCUT2D eigenvalue weighted by molar-refractivity contribution is -0.213. The van der Waals surface area contributed by atoms with Crippen molar-refractivity contribution < 1.29 is 23.0 Å². The highest BCUT2D eigenvalue weighted by Crippen LogP contribution is 2.20. The Kier molecular flexibility index (Phi) is 5.30. The van der Waals surface area contributed by atoms with Crippen LogP contribution in [0.3, 0.4) is 0 Å². The van der Waals surface area contributed by atoms with Gasteiger partial charge in [0.05, 0.1) is 23.7 Å². The Hall–Kier alpha value is -2.45. The van der Waals surface area contributed by atoms with Gasteiger partial charge in [0.25, 0.3) is 10.0 Å². The van der Waals surface area contributed by atoms with Crippen LogP contribution < -0.4 is 9.83 Å². The zero-order chi connectivity index (χ0) is 16.9. The average molecular weight is 337 g/mol. The van der Waals surface area contributed by atoms with E-state index in [0.29, 0.717) is 0 Å². The number of halogens is 1. The van der Waals surface area contributed by atoms with E-state index >= 15 is 0 Å². The minimum absolute atomic E-state index is 0.0588. The maximum atomic E-state index is 12.9. The van der Waals surface area contributed by atoms with E-state index in [4.69, 9.17) is 5.11 Å². The molecule has 0 aromatic heterocycles. The standard InChI is InChI=1S/C15H15FN2O4S/c16-11-5-7-12(8-6-11)23(21,22)18-14-4-2-1-3-13(14)15(20)17-9-10-19/h1-8,18-19H,9-10H2,(H,17,20)/p-1. The number of aliphatic hydroxyl groups is 1. The van der Waals surface area contributed by atoms with Crippen LogP contribution in [0.2, 0.25) is 0 Å². The highest BCUT2D eigenvalue weighted by atomic mass is 32.2. The molecular formula is C15H14FN2O4S-. The molecule has 0 amide bonds. The topological polar surface area (TPSA) is 102 Å². The molecule has 0 bridgehead atoms. The quantitative estimate of drug-likeness (QED) is 0.599. The molecule has 0 aliphatic rings. The number of sulfonamides is 1. The molecule has 0 aliphatic carbocycles. The average Bonchev–Trinajstić information content (AvgIpc) is 2.53. The first-order valence-corrected chi connectivity index (χ1v) is 8.12. The largest absolute Gasteiger partial charge is 0.858 e. The number of nitrogens with one attached hydrogen (secondary N) is 1. The van der Waals surface area contributed by atoms with Crippen molar-refractivity contribution in [2.45, 2.75) is 4.90 Å². The SMILES string of the molecule is O=S(=O)(Nc1ccccc1C([O-])=NCCO)c1ccc(F)cc1. The summed E-state index contributed by atoms with van der Waals surface area (Å²) in [5, 5.41) is 20.6. The molecule has 0 atom stereocenters. The smallest absolute Gasteiger partial charge is 0.261 e. The second-order valence-electron chi connectivity index (χ2n) is 4.52. The van der Waals surface area contributed by atoms with Gasteiger partial charge >= 0.3 is 0 Å². The summed E-state index contributed by atoms with van der Waals surface area (Å²) in [6.07, 6.45) is 0. The van der Waals surface area contributed by atoms with Gasteiger partial charge in [0, 0.05) is 5.56 Å². The first-order valence-electron chi connectivity index (χ1n) is 6.64. The molecule has 122 valence electrons. The van der Waals surface area contributed by atoms with Gasteiger partial charge < -0.3 is 10.2 Å². The monoisotopic (exact) mass is 337 g/mol. The van der Waals surface area contributed by atoms with Crippen molar-refractivity contribution in [1.82, 2.24) is 0 Å². The number of hydrogen-bond donors (Lipinski definition) is 2. The van der Waals surface area contributed by atoms with E-state index in [-0.39, 0.29) is 29.3 Å². The number of nitrogens with zero attached hydrogens (tertiary/aromatic N) is 1. The number of benzene rings is 2. The zero-order valence-corrected chi connectivity index (χ0v) is 12.8. The van der Waals surface area contributed by atoms with Gasteiger partial charge in [0.2, 0.25) is 0 Å². The summed E-state index contributed by atoms with van der Waals surface area (Å²) >= 11 is 0. The molecule has 0 unspecified atom stereocenters. The minimum atomic E-state index is -3.97. The van der Waals surface area contributed by atoms with Gasteiger partial charge in [-0.05, 0) is 36.2 Å². The highest BCUT2D eigenvalue weighted by molar-refractivity contribution is 7.92. The Morgan fingerprint density at radius 2 is 1.83 bits per heavy atom. The van der Waals surface area contributed by atoms with Gasteiger partial charge in [-0.2, -0.15) is 0 Å². The second-order valence-corrected chi connectivity index (χ2v) is 6.20. The summed E-state index contributed by atoms with van der Waals surface area (Å²) in [5.74, 6) is -1.20. The van der Waals surface area contributed by atoms with Crippen LogP contribution >= 0.6 is 0 Å². The van der Waals surface area contributed by atoms with Crippen molar-refractivity contribution in [3.63, 3.8) is 0 Å². The van der Waals surface area contributed by atoms with Crippen LogP contribution in [-0.2, 0) is 10.0 Å². The van der Waals surface area contributed by atoms with E-state index in [1.807, 2.05) is 0 Å². The van der Waals surface area contributed by atoms with Crippen molar-refractivity contribution in [3.8, 4) is 0 Å². The van der Waals surface area contributed by atoms with E-state index < -0.39 is 21.7 Å². The molecule has 0 saturated heterocycles. The van der Waals surface area contributed by atoms with Gasteiger partial charge in [0.1, 0.15) is 5.82 Å². The number of hydrogen-bond acceptors (Lipinski definition) is 5. The Labute approximate surface area is 133 Å². The van der Waals surface area contributed by atoms with Crippen molar-refractivity contribution in [3.05, 3.63) is 59.9 Å². The first kappa shape index (κ1) is 16.9. The normalized spacial score (nSPS) is 12.2. The van der Waals surface area contributed by atoms with Gasteiger partial charge in [-0.25, -0.2) is 12.8 Å². The third-order valence-electron chi connectivity index (χ3n) is 2.88. The zero-order valence-electron chi connectivity index (χ0n) is 11.9. The van der Waals surface area contributed by atoms with E-state index in [0.717, 1.165) is 24.3 Å². The third kappa shape index (κ3) is 4.27. The van der Waals surface area contributed by atoms with Crippen molar-refractivity contribution in [1.29, 1.82) is 0 Å². The molecule has 0 fully saturated rings. The van der Waals surface area contributed by atoms with E-state index in [1.54, 1.807) is 12.1 Å². The van der Waals surface area contributed by atoms with Gasteiger partial charge in [-0.3, -0.25) is 9.71 Å². The van der Waals surface area contributed by atoms with Gasteiger partial charge in [-0.15, -0.1) is 0 Å². The maximum absolute atomic E-state index is 12.9. The molecule has 0 aliphatic heterocycles. The molecule has 2 aromatic carbocycles. The van der Waals surface area contributed by atoms with Crippen molar-refractivity contribution >= 4 is 21.6 Å². The summed E-state index contributed by atoms with van der Waals surface area (Å²) in [4.78, 5) is 3.48. The summed E-state index contributed by atoms with van der Waals surface area (Å²) in [5.41, 5.74) is 0.121. The van der Waals surface area contributed by atoms with Crippen molar-refractivity contribution in [2.24, 2.45) is 4.99 Å². The van der Waals surface area contributed by atoms with Crippen LogP contribution in [0.1, 0.15) is 5.56 Å². The van der Waals surface area contributed by atoms with Crippen LogP contribution in [0, 0.1) is 5.82 Å². The van der Waals surface area contributed by atoms with Gasteiger partial charge in [0.15, 0.2) is 0 Å². The van der Waals surface area contributed by atoms with E-state index in [2.05, 4.69) is 9.71 Å². The molecule has 23 heavy (non-hydrogen) atoms. The van der Waals surface area contributed by atoms with E-state index in [9.17, 15) is 17.9 Å². The molecule has 2 N–H and O–H groups in total. The molecule has 0 radical (unpaired) electrons. The Balaban J connectivity index is 2.35. The fourth-order valence-electron chi connectivity index (χ4n) is 1.81. The number of aliphatic hydroxyl groups excluding tert-OH is 1. The van der Waals surface area contributed by atoms with Crippen LogP contribution in [0.15, 0.2) is 58.4 Å². The molecular weight excluding hydrogens is 323 g/mol. The summed E-state index contributed by atoms with van der Waals surface area (Å²) in [6, 6.07) is 10.3. The molecule has 6 nitrogen and oxygen atoms in total. The molecule has 8 heteroatoms. The van der Waals surface area contributed by atoms with Crippen LogP contribution in [0.25, 0.3) is 0 Å². The predicted octanol–water partition coefficient (Wildman–Crippen LogP) is 0.726. The highest BCUT2D eigenvalue weighted by Gasteiger charge is 2.16. The van der Waals surface area contributed by atoms with Crippen LogP contribution in [0.4, 0.5) is 10.1 Å². The molecule has 2 rings (SSSR count).